The number of hydrogen-bond acceptors (Lipinski definition) is 3. The van der Waals surface area contributed by atoms with Crippen LogP contribution in [0.25, 0.3) is 0 Å². The second-order valence-electron chi connectivity index (χ2n) is 2.99. The minimum atomic E-state index is -0.523. The molecule has 0 saturated heterocycles. The first-order chi connectivity index (χ1) is 7.11. The van der Waals surface area contributed by atoms with Gasteiger partial charge in [0.25, 0.3) is 0 Å². The molecule has 5 nitrogen and oxygen atoms in total. The molecule has 0 radical (unpaired) electrons. The second-order valence-corrected chi connectivity index (χ2v) is 2.99. The predicted molar refractivity (Wildman–Crippen MR) is 58.0 cm³/mol. The van der Waals surface area contributed by atoms with Crippen molar-refractivity contribution in [3.63, 3.8) is 0 Å². The van der Waals surface area contributed by atoms with Crippen LogP contribution in [0.4, 0.5) is 0 Å². The number of carbonyl (C=O) groups is 2. The summed E-state index contributed by atoms with van der Waals surface area (Å²) in [5.74, 6) is 1.91. The summed E-state index contributed by atoms with van der Waals surface area (Å²) in [5.41, 5.74) is 0. The van der Waals surface area contributed by atoms with Gasteiger partial charge < -0.3 is 10.6 Å². The minimum absolute atomic E-state index is 0.119. The molecular weight excluding hydrogens is 194 g/mol. The monoisotopic (exact) mass is 211 g/mol. The molecule has 0 aliphatic rings. The molecule has 5 heteroatoms. The van der Waals surface area contributed by atoms with Gasteiger partial charge >= 0.3 is 0 Å². The van der Waals surface area contributed by atoms with Crippen LogP contribution in [-0.4, -0.2) is 37.5 Å². The first kappa shape index (κ1) is 13.5. The lowest BCUT2D eigenvalue weighted by molar-refractivity contribution is -0.128. The Morgan fingerprint density at radius 1 is 1.47 bits per heavy atom. The van der Waals surface area contributed by atoms with E-state index in [4.69, 9.17) is 6.42 Å². The third-order valence-corrected chi connectivity index (χ3v) is 1.63. The van der Waals surface area contributed by atoms with Gasteiger partial charge in [0.2, 0.25) is 11.8 Å². The van der Waals surface area contributed by atoms with Crippen LogP contribution in [0.15, 0.2) is 0 Å². The van der Waals surface area contributed by atoms with Crippen LogP contribution in [0, 0.1) is 12.3 Å². The highest BCUT2D eigenvalue weighted by atomic mass is 16.2. The van der Waals surface area contributed by atoms with Crippen LogP contribution < -0.4 is 16.0 Å². The molecule has 0 rings (SSSR count). The molecule has 1 unspecified atom stereocenters. The minimum Gasteiger partial charge on any atom is -0.355 e. The maximum atomic E-state index is 11.2. The molecule has 0 aromatic heterocycles. The van der Waals surface area contributed by atoms with Gasteiger partial charge in [0.1, 0.15) is 6.04 Å². The number of amides is 2. The smallest absolute Gasteiger partial charge is 0.242 e. The Morgan fingerprint density at radius 3 is 2.67 bits per heavy atom. The largest absolute Gasteiger partial charge is 0.355 e. The highest BCUT2D eigenvalue weighted by Crippen LogP contribution is 1.81. The van der Waals surface area contributed by atoms with Crippen LogP contribution in [-0.2, 0) is 9.59 Å². The molecule has 0 bridgehead atoms. The van der Waals surface area contributed by atoms with Gasteiger partial charge in [-0.2, -0.15) is 0 Å². The van der Waals surface area contributed by atoms with E-state index in [1.807, 2.05) is 6.92 Å². The summed E-state index contributed by atoms with van der Waals surface area (Å²) >= 11 is 0. The zero-order valence-corrected chi connectivity index (χ0v) is 9.09. The first-order valence-corrected chi connectivity index (χ1v) is 4.83. The molecule has 0 heterocycles. The summed E-state index contributed by atoms with van der Waals surface area (Å²) < 4.78 is 0. The summed E-state index contributed by atoms with van der Waals surface area (Å²) in [6.07, 6.45) is 5.00. The number of rotatable bonds is 6. The maximum absolute atomic E-state index is 11.2. The lowest BCUT2D eigenvalue weighted by Crippen LogP contribution is -2.47. The highest BCUT2D eigenvalue weighted by Gasteiger charge is 2.13. The maximum Gasteiger partial charge on any atom is 0.242 e. The van der Waals surface area contributed by atoms with Gasteiger partial charge in [0, 0.05) is 6.54 Å². The summed E-state index contributed by atoms with van der Waals surface area (Å²) in [7, 11) is 0. The van der Waals surface area contributed by atoms with Crippen molar-refractivity contribution in [3.05, 3.63) is 0 Å². The molecule has 15 heavy (non-hydrogen) atoms. The lowest BCUT2D eigenvalue weighted by Gasteiger charge is -2.13. The average Bonchev–Trinajstić information content (AvgIpc) is 2.18. The Hall–Kier alpha value is -1.54. The van der Waals surface area contributed by atoms with Crippen LogP contribution in [0.2, 0.25) is 0 Å². The lowest BCUT2D eigenvalue weighted by atomic mass is 10.3. The number of carbonyl (C=O) groups excluding carboxylic acids is 2. The van der Waals surface area contributed by atoms with E-state index < -0.39 is 6.04 Å². The van der Waals surface area contributed by atoms with Crippen molar-refractivity contribution in [3.8, 4) is 12.3 Å². The summed E-state index contributed by atoms with van der Waals surface area (Å²) in [4.78, 5) is 22.4. The molecule has 0 saturated carbocycles. The number of likely N-dealkylation sites (N-methyl/N-ethyl adjacent to an activating group) is 1. The van der Waals surface area contributed by atoms with Gasteiger partial charge in [0.05, 0.1) is 13.1 Å². The van der Waals surface area contributed by atoms with E-state index in [2.05, 4.69) is 21.9 Å². The first-order valence-electron chi connectivity index (χ1n) is 4.83. The van der Waals surface area contributed by atoms with Crippen molar-refractivity contribution >= 4 is 11.8 Å². The molecule has 0 spiro atoms. The van der Waals surface area contributed by atoms with Gasteiger partial charge in [0.15, 0.2) is 0 Å². The number of hydrogen-bond donors (Lipinski definition) is 3. The quantitative estimate of drug-likeness (QED) is 0.384. The molecule has 0 aromatic carbocycles. The summed E-state index contributed by atoms with van der Waals surface area (Å²) in [6.45, 7) is 4.45. The van der Waals surface area contributed by atoms with E-state index in [9.17, 15) is 9.59 Å². The standard InChI is InChI=1S/C10H17N3O2/c1-4-6-11-7-9(14)13-8(3)10(15)12-5-2/h1,8,11H,5-7H2,2-3H3,(H,12,15)(H,13,14). The van der Waals surface area contributed by atoms with Gasteiger partial charge in [-0.15, -0.1) is 6.42 Å². The van der Waals surface area contributed by atoms with E-state index >= 15 is 0 Å². The molecule has 3 N–H and O–H groups in total. The van der Waals surface area contributed by atoms with Gasteiger partial charge in [-0.25, -0.2) is 0 Å². The Morgan fingerprint density at radius 2 is 2.13 bits per heavy atom. The fourth-order valence-corrected chi connectivity index (χ4v) is 0.934. The fraction of sp³-hybridized carbons (Fsp3) is 0.600. The molecule has 2 amide bonds. The summed E-state index contributed by atoms with van der Waals surface area (Å²) in [6, 6.07) is -0.523. The predicted octanol–water partition coefficient (Wildman–Crippen LogP) is -1.15. The van der Waals surface area contributed by atoms with Crippen LogP contribution in [0.1, 0.15) is 13.8 Å². The van der Waals surface area contributed by atoms with Crippen molar-refractivity contribution in [2.24, 2.45) is 0 Å². The second kappa shape index (κ2) is 7.83. The van der Waals surface area contributed by atoms with Crippen molar-refractivity contribution in [1.82, 2.24) is 16.0 Å². The molecule has 0 aliphatic carbocycles. The Balaban J connectivity index is 3.76. The zero-order valence-electron chi connectivity index (χ0n) is 9.09. The molecule has 0 fully saturated rings. The van der Waals surface area contributed by atoms with Crippen LogP contribution in [0.5, 0.6) is 0 Å². The third-order valence-electron chi connectivity index (χ3n) is 1.63. The molecule has 84 valence electrons. The SMILES string of the molecule is C#CCNCC(=O)NC(C)C(=O)NCC. The van der Waals surface area contributed by atoms with E-state index in [1.54, 1.807) is 6.92 Å². The topological polar surface area (TPSA) is 70.2 Å². The van der Waals surface area contributed by atoms with E-state index in [1.165, 1.54) is 0 Å². The van der Waals surface area contributed by atoms with Crippen molar-refractivity contribution in [2.45, 2.75) is 19.9 Å². The fourth-order valence-electron chi connectivity index (χ4n) is 0.934. The number of terminal acetylenes is 1. The Bertz CT molecular complexity index is 258. The average molecular weight is 211 g/mol. The Kier molecular flexibility index (Phi) is 7.02. The molecule has 0 aromatic rings. The Labute approximate surface area is 90.0 Å². The highest BCUT2D eigenvalue weighted by molar-refractivity contribution is 5.87. The van der Waals surface area contributed by atoms with Gasteiger partial charge in [-0.05, 0) is 13.8 Å². The van der Waals surface area contributed by atoms with Gasteiger partial charge in [-0.3, -0.25) is 14.9 Å². The van der Waals surface area contributed by atoms with Crippen LogP contribution >= 0.6 is 0 Å². The molecular formula is C10H17N3O2. The van der Waals surface area contributed by atoms with Crippen molar-refractivity contribution in [2.75, 3.05) is 19.6 Å². The normalized spacial score (nSPS) is 11.3. The van der Waals surface area contributed by atoms with E-state index in [0.717, 1.165) is 0 Å². The van der Waals surface area contributed by atoms with Crippen molar-refractivity contribution in [1.29, 1.82) is 0 Å². The van der Waals surface area contributed by atoms with Gasteiger partial charge in [-0.1, -0.05) is 5.92 Å². The summed E-state index contributed by atoms with van der Waals surface area (Å²) in [5, 5.41) is 7.88. The number of nitrogens with one attached hydrogen (secondary N) is 3. The zero-order chi connectivity index (χ0) is 11.7. The van der Waals surface area contributed by atoms with E-state index in [0.29, 0.717) is 13.1 Å². The molecule has 0 aliphatic heterocycles. The van der Waals surface area contributed by atoms with Crippen LogP contribution in [0.3, 0.4) is 0 Å². The van der Waals surface area contributed by atoms with E-state index in [-0.39, 0.29) is 18.4 Å². The van der Waals surface area contributed by atoms with Crippen molar-refractivity contribution < 1.29 is 9.59 Å². The third kappa shape index (κ3) is 6.52. The molecule has 1 atom stereocenters.